The fourth-order valence-corrected chi connectivity index (χ4v) is 1.61. The summed E-state index contributed by atoms with van der Waals surface area (Å²) in [6, 6.07) is 2.07. The molecule has 0 bridgehead atoms. The predicted octanol–water partition coefficient (Wildman–Crippen LogP) is 2.66. The molecular weight excluding hydrogens is 314 g/mol. The zero-order valence-electron chi connectivity index (χ0n) is 9.02. The van der Waals surface area contributed by atoms with Crippen molar-refractivity contribution in [1.82, 2.24) is 5.32 Å². The Labute approximate surface area is 112 Å². The average Bonchev–Trinajstić information content (AvgIpc) is 2.26. The van der Waals surface area contributed by atoms with E-state index in [1.54, 1.807) is 7.11 Å². The number of ether oxygens (including phenoxy) is 1. The molecule has 0 atom stereocenters. The van der Waals surface area contributed by atoms with E-state index in [0.717, 1.165) is 6.07 Å². The van der Waals surface area contributed by atoms with E-state index in [0.29, 0.717) is 13.2 Å². The van der Waals surface area contributed by atoms with Crippen molar-refractivity contribution in [2.24, 2.45) is 0 Å². The number of anilines is 1. The molecule has 0 saturated carbocycles. The van der Waals surface area contributed by atoms with Crippen molar-refractivity contribution in [2.45, 2.75) is 0 Å². The van der Waals surface area contributed by atoms with E-state index in [1.807, 2.05) is 0 Å². The third-order valence-electron chi connectivity index (χ3n) is 1.85. The van der Waals surface area contributed by atoms with E-state index in [1.165, 1.54) is 6.07 Å². The van der Waals surface area contributed by atoms with Gasteiger partial charge >= 0.3 is 0 Å². The first-order valence-corrected chi connectivity index (χ1v) is 5.93. The van der Waals surface area contributed by atoms with Gasteiger partial charge in [-0.3, -0.25) is 0 Å². The molecule has 7 heteroatoms. The quantitative estimate of drug-likeness (QED) is 0.507. The van der Waals surface area contributed by atoms with Crippen LogP contribution in [0.25, 0.3) is 0 Å². The highest BCUT2D eigenvalue weighted by atomic mass is 79.9. The molecule has 0 amide bonds. The van der Waals surface area contributed by atoms with Crippen LogP contribution in [0.15, 0.2) is 16.6 Å². The second-order valence-electron chi connectivity index (χ2n) is 3.12. The summed E-state index contributed by atoms with van der Waals surface area (Å²) < 4.78 is 31.3. The Balaban J connectivity index is 2.62. The molecule has 0 aliphatic heterocycles. The summed E-state index contributed by atoms with van der Waals surface area (Å²) in [7, 11) is 1.56. The first-order chi connectivity index (χ1) is 8.04. The van der Waals surface area contributed by atoms with E-state index >= 15 is 0 Å². The second kappa shape index (κ2) is 6.83. The van der Waals surface area contributed by atoms with E-state index in [2.05, 4.69) is 26.6 Å². The molecule has 94 valence electrons. The minimum Gasteiger partial charge on any atom is -0.383 e. The first kappa shape index (κ1) is 14.3. The van der Waals surface area contributed by atoms with Gasteiger partial charge in [-0.05, 0) is 34.2 Å². The van der Waals surface area contributed by atoms with Gasteiger partial charge in [-0.2, -0.15) is 0 Å². The third kappa shape index (κ3) is 4.53. The number of halogens is 3. The van der Waals surface area contributed by atoms with Gasteiger partial charge < -0.3 is 15.4 Å². The second-order valence-corrected chi connectivity index (χ2v) is 4.38. The molecule has 0 saturated heterocycles. The Kier molecular flexibility index (Phi) is 5.73. The highest BCUT2D eigenvalue weighted by Gasteiger charge is 2.09. The lowest BCUT2D eigenvalue weighted by Gasteiger charge is -2.11. The Hall–Kier alpha value is -0.790. The lowest BCUT2D eigenvalue weighted by molar-refractivity contribution is 0.204. The van der Waals surface area contributed by atoms with E-state index in [4.69, 9.17) is 17.0 Å². The number of nitrogens with one attached hydrogen (secondary N) is 2. The van der Waals surface area contributed by atoms with Gasteiger partial charge in [0.05, 0.1) is 16.8 Å². The molecule has 1 aromatic rings. The van der Waals surface area contributed by atoms with Crippen molar-refractivity contribution in [3.8, 4) is 0 Å². The van der Waals surface area contributed by atoms with Gasteiger partial charge in [0.1, 0.15) is 11.6 Å². The highest BCUT2D eigenvalue weighted by Crippen LogP contribution is 2.23. The standard InChI is InChI=1S/C10H11BrF2N2OS/c1-16-3-2-14-10(17)15-9-4-6(11)7(12)5-8(9)13/h4-5H,2-3H2,1H3,(H2,14,15,17). The fraction of sp³-hybridized carbons (Fsp3) is 0.300. The minimum atomic E-state index is -0.707. The molecule has 0 aliphatic rings. The van der Waals surface area contributed by atoms with Gasteiger partial charge in [0.25, 0.3) is 0 Å². The van der Waals surface area contributed by atoms with Crippen LogP contribution >= 0.6 is 28.1 Å². The molecule has 0 aliphatic carbocycles. The number of thiocarbonyl (C=S) groups is 1. The van der Waals surface area contributed by atoms with Gasteiger partial charge in [-0.25, -0.2) is 8.78 Å². The Morgan fingerprint density at radius 3 is 2.76 bits per heavy atom. The largest absolute Gasteiger partial charge is 0.383 e. The monoisotopic (exact) mass is 324 g/mol. The van der Waals surface area contributed by atoms with Gasteiger partial charge in [0.2, 0.25) is 0 Å². The van der Waals surface area contributed by atoms with Crippen LogP contribution in [0.4, 0.5) is 14.5 Å². The van der Waals surface area contributed by atoms with Crippen LogP contribution in [0.3, 0.4) is 0 Å². The minimum absolute atomic E-state index is 0.105. The van der Waals surface area contributed by atoms with Crippen molar-refractivity contribution < 1.29 is 13.5 Å². The summed E-state index contributed by atoms with van der Waals surface area (Å²) in [6.07, 6.45) is 0. The summed E-state index contributed by atoms with van der Waals surface area (Å²) >= 11 is 7.90. The SMILES string of the molecule is COCCNC(=S)Nc1cc(Br)c(F)cc1F. The molecule has 3 nitrogen and oxygen atoms in total. The Bertz CT molecular complexity index is 418. The molecule has 0 radical (unpaired) electrons. The summed E-state index contributed by atoms with van der Waals surface area (Å²) in [5.41, 5.74) is 0.105. The number of rotatable bonds is 4. The number of benzene rings is 1. The van der Waals surface area contributed by atoms with Crippen LogP contribution in [0, 0.1) is 11.6 Å². The molecule has 0 heterocycles. The summed E-state index contributed by atoms with van der Waals surface area (Å²) in [5, 5.41) is 5.69. The van der Waals surface area contributed by atoms with Crippen LogP contribution < -0.4 is 10.6 Å². The zero-order chi connectivity index (χ0) is 12.8. The zero-order valence-corrected chi connectivity index (χ0v) is 11.4. The van der Waals surface area contributed by atoms with Gasteiger partial charge in [-0.15, -0.1) is 0 Å². The molecule has 0 aromatic heterocycles. The van der Waals surface area contributed by atoms with Crippen LogP contribution in [0.5, 0.6) is 0 Å². The molecule has 0 fully saturated rings. The van der Waals surface area contributed by atoms with Crippen molar-refractivity contribution >= 4 is 38.9 Å². The summed E-state index contributed by atoms with van der Waals surface area (Å²) in [5.74, 6) is -1.37. The van der Waals surface area contributed by atoms with Crippen LogP contribution in [-0.4, -0.2) is 25.4 Å². The molecule has 0 unspecified atom stereocenters. The molecule has 1 aromatic carbocycles. The summed E-state index contributed by atoms with van der Waals surface area (Å²) in [6.45, 7) is 0.990. The van der Waals surface area contributed by atoms with Crippen molar-refractivity contribution in [3.05, 3.63) is 28.2 Å². The van der Waals surface area contributed by atoms with Gasteiger partial charge in [0, 0.05) is 19.7 Å². The van der Waals surface area contributed by atoms with Gasteiger partial charge in [0.15, 0.2) is 5.11 Å². The molecule has 17 heavy (non-hydrogen) atoms. The first-order valence-electron chi connectivity index (χ1n) is 4.73. The average molecular weight is 325 g/mol. The lowest BCUT2D eigenvalue weighted by atomic mass is 10.3. The fourth-order valence-electron chi connectivity index (χ4n) is 1.05. The van der Waals surface area contributed by atoms with E-state index in [9.17, 15) is 8.78 Å². The maximum Gasteiger partial charge on any atom is 0.170 e. The number of hydrogen-bond donors (Lipinski definition) is 2. The molecule has 1 rings (SSSR count). The maximum atomic E-state index is 13.3. The Morgan fingerprint density at radius 2 is 2.12 bits per heavy atom. The topological polar surface area (TPSA) is 33.3 Å². The highest BCUT2D eigenvalue weighted by molar-refractivity contribution is 9.10. The van der Waals surface area contributed by atoms with Crippen LogP contribution in [-0.2, 0) is 4.74 Å². The van der Waals surface area contributed by atoms with Crippen LogP contribution in [0.1, 0.15) is 0 Å². The van der Waals surface area contributed by atoms with Crippen LogP contribution in [0.2, 0.25) is 0 Å². The number of methoxy groups -OCH3 is 1. The normalized spacial score (nSPS) is 10.1. The predicted molar refractivity (Wildman–Crippen MR) is 70.2 cm³/mol. The smallest absolute Gasteiger partial charge is 0.170 e. The van der Waals surface area contributed by atoms with E-state index < -0.39 is 11.6 Å². The molecule has 2 N–H and O–H groups in total. The van der Waals surface area contributed by atoms with Crippen molar-refractivity contribution in [2.75, 3.05) is 25.6 Å². The molecule has 0 spiro atoms. The third-order valence-corrected chi connectivity index (χ3v) is 2.70. The van der Waals surface area contributed by atoms with Crippen molar-refractivity contribution in [3.63, 3.8) is 0 Å². The van der Waals surface area contributed by atoms with E-state index in [-0.39, 0.29) is 15.3 Å². The van der Waals surface area contributed by atoms with Gasteiger partial charge in [-0.1, -0.05) is 0 Å². The number of hydrogen-bond acceptors (Lipinski definition) is 2. The maximum absolute atomic E-state index is 13.3. The molecular formula is C10H11BrF2N2OS. The van der Waals surface area contributed by atoms with Crippen molar-refractivity contribution in [1.29, 1.82) is 0 Å². The Morgan fingerprint density at radius 1 is 1.41 bits per heavy atom. The summed E-state index contributed by atoms with van der Waals surface area (Å²) in [4.78, 5) is 0. The lowest BCUT2D eigenvalue weighted by Crippen LogP contribution is -2.31.